The van der Waals surface area contributed by atoms with Crippen LogP contribution in [0.5, 0.6) is 0 Å². The first-order chi connectivity index (χ1) is 8.72. The van der Waals surface area contributed by atoms with Crippen LogP contribution in [0.15, 0.2) is 35.5 Å². The first-order valence-electron chi connectivity index (χ1n) is 5.05. The van der Waals surface area contributed by atoms with Crippen LogP contribution in [0.2, 0.25) is 5.02 Å². The highest BCUT2D eigenvalue weighted by atomic mass is 35.5. The Bertz CT molecular complexity index is 592. The van der Waals surface area contributed by atoms with E-state index in [1.54, 1.807) is 11.8 Å². The number of rotatable bonds is 3. The van der Waals surface area contributed by atoms with Gasteiger partial charge in [0, 0.05) is 10.6 Å². The van der Waals surface area contributed by atoms with Crippen molar-refractivity contribution < 1.29 is 0 Å². The van der Waals surface area contributed by atoms with Crippen LogP contribution in [0.25, 0.3) is 0 Å². The first kappa shape index (κ1) is 12.7. The second kappa shape index (κ2) is 5.71. The van der Waals surface area contributed by atoms with Gasteiger partial charge in [-0.25, -0.2) is 9.97 Å². The van der Waals surface area contributed by atoms with Gasteiger partial charge >= 0.3 is 0 Å². The van der Waals surface area contributed by atoms with Gasteiger partial charge in [-0.15, -0.1) is 11.8 Å². The highest BCUT2D eigenvalue weighted by Crippen LogP contribution is 2.28. The largest absolute Gasteiger partial charge is 0.339 e. The molecule has 1 N–H and O–H groups in total. The molecule has 0 atom stereocenters. The lowest BCUT2D eigenvalue weighted by atomic mass is 10.3. The molecular weight excluding hydrogens is 268 g/mol. The van der Waals surface area contributed by atoms with Gasteiger partial charge in [-0.1, -0.05) is 11.6 Å². The van der Waals surface area contributed by atoms with E-state index in [0.29, 0.717) is 10.8 Å². The molecule has 2 rings (SSSR count). The fourth-order valence-electron chi connectivity index (χ4n) is 1.34. The van der Waals surface area contributed by atoms with Gasteiger partial charge in [-0.3, -0.25) is 0 Å². The van der Waals surface area contributed by atoms with E-state index >= 15 is 0 Å². The zero-order valence-corrected chi connectivity index (χ0v) is 11.1. The van der Waals surface area contributed by atoms with Crippen LogP contribution in [0.3, 0.4) is 0 Å². The number of thioether (sulfide) groups is 1. The summed E-state index contributed by atoms with van der Waals surface area (Å²) in [5.74, 6) is 0.571. The number of halogens is 1. The van der Waals surface area contributed by atoms with Crippen molar-refractivity contribution in [2.24, 2.45) is 0 Å². The number of hydrogen-bond acceptors (Lipinski definition) is 5. The van der Waals surface area contributed by atoms with Gasteiger partial charge in [0.25, 0.3) is 0 Å². The zero-order valence-electron chi connectivity index (χ0n) is 9.51. The molecule has 1 heterocycles. The number of nitriles is 1. The summed E-state index contributed by atoms with van der Waals surface area (Å²) in [4.78, 5) is 9.02. The van der Waals surface area contributed by atoms with E-state index in [1.165, 1.54) is 12.4 Å². The van der Waals surface area contributed by atoms with Gasteiger partial charge in [0.05, 0.1) is 17.4 Å². The molecule has 0 aliphatic heterocycles. The second-order valence-electron chi connectivity index (χ2n) is 3.37. The summed E-state index contributed by atoms with van der Waals surface area (Å²) < 4.78 is 0. The van der Waals surface area contributed by atoms with Gasteiger partial charge in [-0.2, -0.15) is 5.26 Å². The average molecular weight is 277 g/mol. The summed E-state index contributed by atoms with van der Waals surface area (Å²) >= 11 is 7.70. The van der Waals surface area contributed by atoms with Gasteiger partial charge < -0.3 is 5.32 Å². The lowest BCUT2D eigenvalue weighted by Gasteiger charge is -2.07. The van der Waals surface area contributed by atoms with Crippen LogP contribution in [0, 0.1) is 11.3 Å². The van der Waals surface area contributed by atoms with Crippen molar-refractivity contribution >= 4 is 34.9 Å². The molecule has 2 aromatic rings. The fraction of sp³-hybridized carbons (Fsp3) is 0.0833. The Balaban J connectivity index is 2.18. The van der Waals surface area contributed by atoms with E-state index < -0.39 is 0 Å². The number of nitrogens with zero attached hydrogens (tertiary/aromatic N) is 3. The lowest BCUT2D eigenvalue weighted by Crippen LogP contribution is -1.95. The van der Waals surface area contributed by atoms with Gasteiger partial charge in [0.2, 0.25) is 0 Å². The summed E-state index contributed by atoms with van der Waals surface area (Å²) in [6.45, 7) is 0. The summed E-state index contributed by atoms with van der Waals surface area (Å²) in [6.07, 6.45) is 4.90. The van der Waals surface area contributed by atoms with Crippen LogP contribution < -0.4 is 5.32 Å². The van der Waals surface area contributed by atoms with Crippen LogP contribution >= 0.6 is 23.4 Å². The molecule has 0 aliphatic carbocycles. The van der Waals surface area contributed by atoms with Crippen molar-refractivity contribution in [2.45, 2.75) is 4.90 Å². The first-order valence-corrected chi connectivity index (χ1v) is 6.66. The topological polar surface area (TPSA) is 61.6 Å². The quantitative estimate of drug-likeness (QED) is 0.870. The Kier molecular flexibility index (Phi) is 4.03. The molecule has 1 aromatic heterocycles. The Morgan fingerprint density at radius 2 is 2.17 bits per heavy atom. The summed E-state index contributed by atoms with van der Waals surface area (Å²) in [7, 11) is 0. The molecule has 0 fully saturated rings. The summed E-state index contributed by atoms with van der Waals surface area (Å²) in [5.41, 5.74) is 1.12. The van der Waals surface area contributed by atoms with Crippen LogP contribution in [-0.2, 0) is 0 Å². The highest BCUT2D eigenvalue weighted by molar-refractivity contribution is 7.98. The SMILES string of the molecule is CSc1ccc(Nc2cnc(C#N)cn2)cc1Cl. The van der Waals surface area contributed by atoms with Gasteiger partial charge in [0.15, 0.2) is 5.69 Å². The third-order valence-electron chi connectivity index (χ3n) is 2.19. The lowest BCUT2D eigenvalue weighted by molar-refractivity contribution is 1.16. The summed E-state index contributed by atoms with van der Waals surface area (Å²) in [5, 5.41) is 12.4. The Labute approximate surface area is 114 Å². The van der Waals surface area contributed by atoms with Crippen LogP contribution in [0.1, 0.15) is 5.69 Å². The monoisotopic (exact) mass is 276 g/mol. The minimum atomic E-state index is 0.288. The van der Waals surface area contributed by atoms with Crippen molar-refractivity contribution in [3.63, 3.8) is 0 Å². The molecule has 18 heavy (non-hydrogen) atoms. The van der Waals surface area contributed by atoms with Crippen molar-refractivity contribution in [1.82, 2.24) is 9.97 Å². The molecule has 6 heteroatoms. The predicted octanol–water partition coefficient (Wildman–Crippen LogP) is 3.47. The maximum absolute atomic E-state index is 8.62. The molecule has 0 spiro atoms. The normalized spacial score (nSPS) is 9.83. The van der Waals surface area contributed by atoms with Gasteiger partial charge in [-0.05, 0) is 24.5 Å². The number of benzene rings is 1. The van der Waals surface area contributed by atoms with E-state index in [-0.39, 0.29) is 5.69 Å². The molecule has 4 nitrogen and oxygen atoms in total. The minimum Gasteiger partial charge on any atom is -0.339 e. The third-order valence-corrected chi connectivity index (χ3v) is 3.41. The maximum Gasteiger partial charge on any atom is 0.158 e. The molecular formula is C12H9ClN4S. The Morgan fingerprint density at radius 3 is 2.72 bits per heavy atom. The van der Waals surface area contributed by atoms with Crippen molar-refractivity contribution in [3.8, 4) is 6.07 Å². The Morgan fingerprint density at radius 1 is 1.33 bits per heavy atom. The van der Waals surface area contributed by atoms with Crippen LogP contribution in [0.4, 0.5) is 11.5 Å². The number of aromatic nitrogens is 2. The van der Waals surface area contributed by atoms with E-state index in [2.05, 4.69) is 15.3 Å². The van der Waals surface area contributed by atoms with E-state index in [1.807, 2.05) is 30.5 Å². The predicted molar refractivity (Wildman–Crippen MR) is 73.3 cm³/mol. The second-order valence-corrected chi connectivity index (χ2v) is 4.63. The van der Waals surface area contributed by atoms with Crippen molar-refractivity contribution in [1.29, 1.82) is 5.26 Å². The molecule has 90 valence electrons. The molecule has 0 unspecified atom stereocenters. The third kappa shape index (κ3) is 2.92. The summed E-state index contributed by atoms with van der Waals surface area (Å²) in [6, 6.07) is 7.59. The van der Waals surface area contributed by atoms with Crippen molar-refractivity contribution in [3.05, 3.63) is 41.3 Å². The molecule has 1 aromatic carbocycles. The minimum absolute atomic E-state index is 0.288. The molecule has 0 bridgehead atoms. The molecule has 0 aliphatic rings. The van der Waals surface area contributed by atoms with E-state index in [9.17, 15) is 0 Å². The molecule has 0 saturated carbocycles. The average Bonchev–Trinajstić information content (AvgIpc) is 2.40. The number of hydrogen-bond donors (Lipinski definition) is 1. The van der Waals surface area contributed by atoms with Crippen LogP contribution in [-0.4, -0.2) is 16.2 Å². The zero-order chi connectivity index (χ0) is 13.0. The number of anilines is 2. The number of nitrogens with one attached hydrogen (secondary N) is 1. The fourth-order valence-corrected chi connectivity index (χ4v) is 2.21. The van der Waals surface area contributed by atoms with E-state index in [4.69, 9.17) is 16.9 Å². The highest BCUT2D eigenvalue weighted by Gasteiger charge is 2.02. The maximum atomic E-state index is 8.62. The molecule has 0 saturated heterocycles. The standard InChI is InChI=1S/C12H9ClN4S/c1-18-11-3-2-8(4-10(11)13)17-12-7-15-9(5-14)6-16-12/h2-4,6-7H,1H3,(H,16,17). The van der Waals surface area contributed by atoms with Crippen molar-refractivity contribution in [2.75, 3.05) is 11.6 Å². The van der Waals surface area contributed by atoms with E-state index in [0.717, 1.165) is 10.6 Å². The Hall–Kier alpha value is -1.77. The van der Waals surface area contributed by atoms with Gasteiger partial charge in [0.1, 0.15) is 11.9 Å². The molecule has 0 radical (unpaired) electrons. The smallest absolute Gasteiger partial charge is 0.158 e. The molecule has 0 amide bonds.